The molecule has 0 radical (unpaired) electrons. The number of hydrogen-bond donors (Lipinski definition) is 0. The Morgan fingerprint density at radius 2 is 1.00 bits per heavy atom. The minimum absolute atomic E-state index is 0.334. The van der Waals surface area contributed by atoms with Gasteiger partial charge in [-0.3, -0.25) is 0 Å². The maximum Gasteiger partial charge on any atom is 0.335 e. The van der Waals surface area contributed by atoms with Gasteiger partial charge in [-0.25, -0.2) is 14.4 Å². The first-order valence-corrected chi connectivity index (χ1v) is 13.0. The van der Waals surface area contributed by atoms with E-state index < -0.39 is 28.8 Å². The number of fused-ring (bicyclic) bond motifs is 2. The zero-order valence-electron chi connectivity index (χ0n) is 21.0. The Labute approximate surface area is 223 Å². The van der Waals surface area contributed by atoms with Crippen molar-refractivity contribution >= 4 is 28.8 Å². The lowest BCUT2D eigenvalue weighted by Crippen LogP contribution is -2.14. The van der Waals surface area contributed by atoms with Crippen LogP contribution in [0.5, 0.6) is 28.7 Å². The number of hydrogen-bond acceptors (Lipinski definition) is 7. The van der Waals surface area contributed by atoms with Crippen molar-refractivity contribution < 1.29 is 33.3 Å². The molecular formula is C30H25O7S+. The third-order valence-electron chi connectivity index (χ3n) is 5.11. The monoisotopic (exact) mass is 529 g/mol. The second-order valence-corrected chi connectivity index (χ2v) is 9.82. The molecule has 0 fully saturated rings. The molecule has 0 saturated carbocycles. The molecule has 7 nitrogen and oxygen atoms in total. The van der Waals surface area contributed by atoms with Crippen LogP contribution in [0, 0.1) is 0 Å². The van der Waals surface area contributed by atoms with Crippen molar-refractivity contribution in [2.24, 2.45) is 0 Å². The molecule has 0 spiro atoms. The Balaban J connectivity index is 1.74. The van der Waals surface area contributed by atoms with Crippen molar-refractivity contribution in [1.29, 1.82) is 0 Å². The predicted molar refractivity (Wildman–Crippen MR) is 143 cm³/mol. The molecule has 0 aliphatic carbocycles. The molecule has 1 aliphatic rings. The zero-order valence-corrected chi connectivity index (χ0v) is 21.8. The van der Waals surface area contributed by atoms with Crippen LogP contribution in [0.2, 0.25) is 0 Å². The Kier molecular flexibility index (Phi) is 8.45. The molecule has 4 rings (SSSR count). The van der Waals surface area contributed by atoms with Gasteiger partial charge >= 0.3 is 17.9 Å². The highest BCUT2D eigenvalue weighted by Gasteiger charge is 2.40. The lowest BCUT2D eigenvalue weighted by molar-refractivity contribution is -0.129. The Morgan fingerprint density at radius 1 is 0.605 bits per heavy atom. The van der Waals surface area contributed by atoms with Crippen LogP contribution < -0.4 is 18.9 Å². The van der Waals surface area contributed by atoms with E-state index in [0.717, 1.165) is 14.7 Å². The molecule has 1 aliphatic heterocycles. The third kappa shape index (κ3) is 6.22. The highest BCUT2D eigenvalue weighted by atomic mass is 32.2. The number of esters is 3. The Hall–Kier alpha value is -4.56. The van der Waals surface area contributed by atoms with E-state index in [0.29, 0.717) is 28.7 Å². The average Bonchev–Trinajstić information content (AvgIpc) is 2.88. The lowest BCUT2D eigenvalue weighted by Gasteiger charge is -2.21. The summed E-state index contributed by atoms with van der Waals surface area (Å²) in [7, 11) is -0.619. The first-order valence-electron chi connectivity index (χ1n) is 11.8. The van der Waals surface area contributed by atoms with E-state index in [1.165, 1.54) is 18.2 Å². The smallest absolute Gasteiger partial charge is 0.335 e. The molecule has 0 N–H and O–H groups in total. The van der Waals surface area contributed by atoms with E-state index >= 15 is 0 Å². The lowest BCUT2D eigenvalue weighted by atomic mass is 10.3. The van der Waals surface area contributed by atoms with Crippen molar-refractivity contribution in [2.75, 3.05) is 0 Å². The number of allylic oxidation sites excluding steroid dienone is 3. The zero-order chi connectivity index (χ0) is 27.1. The number of ether oxygens (including phenoxy) is 4. The van der Waals surface area contributed by atoms with Gasteiger partial charge in [0, 0.05) is 42.5 Å². The van der Waals surface area contributed by atoms with Gasteiger partial charge in [0.1, 0.15) is 28.1 Å². The number of carbonyl (C=O) groups is 3. The highest BCUT2D eigenvalue weighted by molar-refractivity contribution is 7.97. The third-order valence-corrected chi connectivity index (χ3v) is 7.41. The van der Waals surface area contributed by atoms with Crippen LogP contribution >= 0.6 is 0 Å². The molecule has 0 atom stereocenters. The van der Waals surface area contributed by atoms with Gasteiger partial charge in [0.15, 0.2) is 16.4 Å². The van der Waals surface area contributed by atoms with Crippen LogP contribution in [-0.2, 0) is 25.3 Å². The summed E-state index contributed by atoms with van der Waals surface area (Å²) in [6.07, 6.45) is 8.82. The molecule has 0 bridgehead atoms. The minimum Gasteiger partial charge on any atom is -0.446 e. The first kappa shape index (κ1) is 26.5. The predicted octanol–water partition coefficient (Wildman–Crippen LogP) is 6.33. The quantitative estimate of drug-likeness (QED) is 0.120. The van der Waals surface area contributed by atoms with Gasteiger partial charge in [0.05, 0.1) is 0 Å². The highest BCUT2D eigenvalue weighted by Crippen LogP contribution is 2.49. The summed E-state index contributed by atoms with van der Waals surface area (Å²) < 4.78 is 22.3. The van der Waals surface area contributed by atoms with Gasteiger partial charge in [-0.05, 0) is 57.2 Å². The maximum atomic E-state index is 12.0. The number of benzene rings is 3. The van der Waals surface area contributed by atoms with E-state index in [-0.39, 0.29) is 0 Å². The van der Waals surface area contributed by atoms with Crippen molar-refractivity contribution in [1.82, 2.24) is 0 Å². The van der Waals surface area contributed by atoms with Crippen LogP contribution in [-0.4, -0.2) is 17.9 Å². The average molecular weight is 530 g/mol. The van der Waals surface area contributed by atoms with E-state index in [1.807, 2.05) is 24.3 Å². The summed E-state index contributed by atoms with van der Waals surface area (Å²) in [5.41, 5.74) is 0. The van der Waals surface area contributed by atoms with Gasteiger partial charge in [-0.15, -0.1) is 0 Å². The van der Waals surface area contributed by atoms with Gasteiger partial charge in [-0.1, -0.05) is 18.2 Å². The van der Waals surface area contributed by atoms with E-state index in [1.54, 1.807) is 75.4 Å². The number of rotatable bonds is 7. The molecule has 0 amide bonds. The summed E-state index contributed by atoms with van der Waals surface area (Å²) in [6, 6.07) is 17.7. The van der Waals surface area contributed by atoms with Crippen molar-refractivity contribution in [2.45, 2.75) is 35.5 Å². The molecular weight excluding hydrogens is 504 g/mol. The van der Waals surface area contributed by atoms with Gasteiger partial charge in [0.2, 0.25) is 9.79 Å². The molecule has 3 aromatic carbocycles. The van der Waals surface area contributed by atoms with Crippen molar-refractivity contribution in [3.8, 4) is 28.7 Å². The molecule has 0 saturated heterocycles. The van der Waals surface area contributed by atoms with E-state index in [9.17, 15) is 14.4 Å². The largest absolute Gasteiger partial charge is 0.446 e. The minimum atomic E-state index is -0.619. The topological polar surface area (TPSA) is 88.1 Å². The summed E-state index contributed by atoms with van der Waals surface area (Å²) >= 11 is 0. The van der Waals surface area contributed by atoms with E-state index in [2.05, 4.69) is 0 Å². The molecule has 3 aromatic rings. The summed E-state index contributed by atoms with van der Waals surface area (Å²) in [5, 5.41) is 0. The second kappa shape index (κ2) is 12.1. The molecule has 192 valence electrons. The SMILES string of the molecule is C/C=C/C(=O)Oc1ccc([S+]2c3ccc(OC(=O)/C=C/C)cc3Oc3cc(OC(=O)/C=C/C)ccc32)cc1. The van der Waals surface area contributed by atoms with Crippen LogP contribution in [0.3, 0.4) is 0 Å². The Bertz CT molecular complexity index is 1380. The second-order valence-electron chi connectivity index (χ2n) is 7.86. The fourth-order valence-corrected chi connectivity index (χ4v) is 5.76. The normalized spacial score (nSPS) is 12.7. The molecule has 0 aromatic heterocycles. The summed E-state index contributed by atoms with van der Waals surface area (Å²) in [6.45, 7) is 5.20. The van der Waals surface area contributed by atoms with Crippen LogP contribution in [0.4, 0.5) is 0 Å². The van der Waals surface area contributed by atoms with Crippen LogP contribution in [0.15, 0.2) is 112 Å². The van der Waals surface area contributed by atoms with Gasteiger partial charge in [-0.2, -0.15) is 0 Å². The van der Waals surface area contributed by atoms with Crippen molar-refractivity contribution in [3.05, 3.63) is 97.1 Å². The van der Waals surface area contributed by atoms with Crippen molar-refractivity contribution in [3.63, 3.8) is 0 Å². The first-order chi connectivity index (χ1) is 18.4. The standard InChI is InChI=1S/C30H25O7S/c1-4-7-28(31)34-20-10-14-23(15-11-20)38-26-16-12-21(35-29(32)8-5-2)18-24(26)37-25-19-22(13-17-27(25)38)36-30(33)9-6-3/h4-19H,1-3H3/q+1/b7-4+,8-5+,9-6+. The fraction of sp³-hybridized carbons (Fsp3) is 0.100. The van der Waals surface area contributed by atoms with Crippen LogP contribution in [0.25, 0.3) is 0 Å². The Morgan fingerprint density at radius 3 is 1.42 bits per heavy atom. The molecule has 0 unspecified atom stereocenters. The molecule has 1 heterocycles. The maximum absolute atomic E-state index is 12.0. The number of carbonyl (C=O) groups excluding carboxylic acids is 3. The summed E-state index contributed by atoms with van der Waals surface area (Å²) in [4.78, 5) is 38.5. The van der Waals surface area contributed by atoms with Gasteiger partial charge in [0.25, 0.3) is 0 Å². The fourth-order valence-electron chi connectivity index (χ4n) is 3.59. The molecule has 8 heteroatoms. The van der Waals surface area contributed by atoms with E-state index in [4.69, 9.17) is 18.9 Å². The van der Waals surface area contributed by atoms with Gasteiger partial charge < -0.3 is 18.9 Å². The molecule has 38 heavy (non-hydrogen) atoms. The van der Waals surface area contributed by atoms with Crippen LogP contribution in [0.1, 0.15) is 20.8 Å². The summed E-state index contributed by atoms with van der Waals surface area (Å²) in [5.74, 6) is 0.657.